The fourth-order valence-electron chi connectivity index (χ4n) is 3.04. The van der Waals surface area contributed by atoms with Crippen molar-refractivity contribution in [3.8, 4) is 0 Å². The van der Waals surface area contributed by atoms with Gasteiger partial charge in [-0.1, -0.05) is 29.3 Å². The highest BCUT2D eigenvalue weighted by atomic mass is 35.5. The maximum absolute atomic E-state index is 13.4. The molecule has 0 saturated carbocycles. The first-order valence-corrected chi connectivity index (χ1v) is 12.7. The zero-order valence-corrected chi connectivity index (χ0v) is 21.0. The maximum atomic E-state index is 13.4. The molecule has 2 amide bonds. The third-order valence-corrected chi connectivity index (χ3v) is 6.48. The van der Waals surface area contributed by atoms with Crippen LogP contribution in [0.5, 0.6) is 0 Å². The number of carbonyl (C=O) groups is 2. The van der Waals surface area contributed by atoms with Gasteiger partial charge in [0.1, 0.15) is 18.4 Å². The Morgan fingerprint density at radius 1 is 1.06 bits per heavy atom. The number of hydrogen-bond acceptors (Lipinski definition) is 4. The second kappa shape index (κ2) is 11.2. The standard InChI is InChI=1S/C22H26Cl2FN3O4S/c1-14(2)26-22(30)15(3)27(12-16-5-6-17(23)11-20(16)24)21(29)13-28(33(4,31)32)19-9-7-18(25)8-10-19/h5-11,14-15H,12-13H2,1-4H3,(H,26,30)/t15-/m0/s1. The molecule has 0 aliphatic rings. The number of rotatable bonds is 9. The van der Waals surface area contributed by atoms with E-state index in [-0.39, 0.29) is 18.3 Å². The third-order valence-electron chi connectivity index (χ3n) is 4.75. The number of anilines is 1. The van der Waals surface area contributed by atoms with Crippen LogP contribution in [-0.2, 0) is 26.2 Å². The van der Waals surface area contributed by atoms with E-state index in [0.29, 0.717) is 15.6 Å². The highest BCUT2D eigenvalue weighted by molar-refractivity contribution is 7.92. The lowest BCUT2D eigenvalue weighted by Crippen LogP contribution is -2.52. The van der Waals surface area contributed by atoms with Crippen molar-refractivity contribution in [2.45, 2.75) is 39.4 Å². The minimum absolute atomic E-state index is 0.0530. The summed E-state index contributed by atoms with van der Waals surface area (Å²) in [6, 6.07) is 8.38. The fourth-order valence-corrected chi connectivity index (χ4v) is 4.36. The van der Waals surface area contributed by atoms with Gasteiger partial charge in [0, 0.05) is 22.6 Å². The van der Waals surface area contributed by atoms with Crippen LogP contribution in [0, 0.1) is 5.82 Å². The minimum atomic E-state index is -3.89. The van der Waals surface area contributed by atoms with E-state index in [1.54, 1.807) is 32.9 Å². The Morgan fingerprint density at radius 3 is 2.18 bits per heavy atom. The van der Waals surface area contributed by atoms with Crippen molar-refractivity contribution >= 4 is 50.7 Å². The number of nitrogens with one attached hydrogen (secondary N) is 1. The van der Waals surface area contributed by atoms with Crippen LogP contribution in [-0.4, -0.2) is 50.0 Å². The summed E-state index contributed by atoms with van der Waals surface area (Å²) in [5, 5.41) is 3.46. The molecule has 7 nitrogen and oxygen atoms in total. The van der Waals surface area contributed by atoms with Crippen LogP contribution in [0.25, 0.3) is 0 Å². The number of sulfonamides is 1. The van der Waals surface area contributed by atoms with Gasteiger partial charge in [0.15, 0.2) is 0 Å². The van der Waals surface area contributed by atoms with E-state index < -0.39 is 40.2 Å². The van der Waals surface area contributed by atoms with Crippen LogP contribution in [0.3, 0.4) is 0 Å². The first kappa shape index (κ1) is 26.9. The molecule has 0 bridgehead atoms. The average molecular weight is 518 g/mol. The van der Waals surface area contributed by atoms with Gasteiger partial charge in [0.2, 0.25) is 21.8 Å². The third kappa shape index (κ3) is 7.58. The van der Waals surface area contributed by atoms with Crippen molar-refractivity contribution < 1.29 is 22.4 Å². The molecule has 1 N–H and O–H groups in total. The SMILES string of the molecule is CC(C)NC(=O)[C@H](C)N(Cc1ccc(Cl)cc1Cl)C(=O)CN(c1ccc(F)cc1)S(C)(=O)=O. The summed E-state index contributed by atoms with van der Waals surface area (Å²) >= 11 is 12.2. The number of nitrogens with zero attached hydrogens (tertiary/aromatic N) is 2. The van der Waals surface area contributed by atoms with Crippen molar-refractivity contribution in [3.63, 3.8) is 0 Å². The molecule has 2 aromatic rings. The van der Waals surface area contributed by atoms with Gasteiger partial charge in [0.25, 0.3) is 0 Å². The Bertz CT molecular complexity index is 1110. The average Bonchev–Trinajstić information content (AvgIpc) is 2.70. The highest BCUT2D eigenvalue weighted by Crippen LogP contribution is 2.24. The molecule has 0 unspecified atom stereocenters. The molecular formula is C22H26Cl2FN3O4S. The van der Waals surface area contributed by atoms with Gasteiger partial charge in [-0.15, -0.1) is 0 Å². The van der Waals surface area contributed by atoms with Crippen molar-refractivity contribution in [3.05, 3.63) is 63.9 Å². The Kier molecular flexibility index (Phi) is 9.11. The van der Waals surface area contributed by atoms with E-state index in [1.165, 1.54) is 23.1 Å². The fraction of sp³-hybridized carbons (Fsp3) is 0.364. The summed E-state index contributed by atoms with van der Waals surface area (Å²) < 4.78 is 39.0. The Hall–Kier alpha value is -2.36. The number of amides is 2. The van der Waals surface area contributed by atoms with E-state index in [1.807, 2.05) is 0 Å². The summed E-state index contributed by atoms with van der Waals surface area (Å²) in [4.78, 5) is 27.3. The van der Waals surface area contributed by atoms with Gasteiger partial charge in [0.05, 0.1) is 11.9 Å². The molecule has 0 heterocycles. The van der Waals surface area contributed by atoms with Gasteiger partial charge in [-0.05, 0) is 62.7 Å². The predicted octanol–water partition coefficient (Wildman–Crippen LogP) is 3.84. The number of benzene rings is 2. The molecular weight excluding hydrogens is 492 g/mol. The first-order chi connectivity index (χ1) is 15.3. The second-order valence-electron chi connectivity index (χ2n) is 7.84. The van der Waals surface area contributed by atoms with E-state index in [9.17, 15) is 22.4 Å². The summed E-state index contributed by atoms with van der Waals surface area (Å²) in [6.45, 7) is 4.47. The Labute approximate surface area is 203 Å². The first-order valence-electron chi connectivity index (χ1n) is 10.1. The van der Waals surface area contributed by atoms with Gasteiger partial charge in [-0.25, -0.2) is 12.8 Å². The molecule has 0 aliphatic heterocycles. The van der Waals surface area contributed by atoms with Gasteiger partial charge >= 0.3 is 0 Å². The molecule has 0 fully saturated rings. The summed E-state index contributed by atoms with van der Waals surface area (Å²) in [5.74, 6) is -1.59. The number of carbonyl (C=O) groups excluding carboxylic acids is 2. The molecule has 0 aliphatic carbocycles. The van der Waals surface area contributed by atoms with Crippen LogP contribution >= 0.6 is 23.2 Å². The molecule has 2 rings (SSSR count). The van der Waals surface area contributed by atoms with E-state index in [2.05, 4.69) is 5.32 Å². The largest absolute Gasteiger partial charge is 0.352 e. The minimum Gasteiger partial charge on any atom is -0.352 e. The van der Waals surface area contributed by atoms with Crippen LogP contribution in [0.15, 0.2) is 42.5 Å². The van der Waals surface area contributed by atoms with Crippen LogP contribution < -0.4 is 9.62 Å². The molecule has 2 aromatic carbocycles. The molecule has 1 atom stereocenters. The Morgan fingerprint density at radius 2 is 1.67 bits per heavy atom. The molecule has 0 radical (unpaired) electrons. The zero-order valence-electron chi connectivity index (χ0n) is 18.7. The molecule has 0 saturated heterocycles. The molecule has 11 heteroatoms. The van der Waals surface area contributed by atoms with E-state index in [0.717, 1.165) is 22.7 Å². The monoisotopic (exact) mass is 517 g/mol. The van der Waals surface area contributed by atoms with E-state index in [4.69, 9.17) is 23.2 Å². The van der Waals surface area contributed by atoms with Crippen molar-refractivity contribution in [2.24, 2.45) is 0 Å². The van der Waals surface area contributed by atoms with Crippen LogP contribution in [0.2, 0.25) is 10.0 Å². The maximum Gasteiger partial charge on any atom is 0.244 e. The topological polar surface area (TPSA) is 86.8 Å². The second-order valence-corrected chi connectivity index (χ2v) is 10.6. The van der Waals surface area contributed by atoms with Crippen LogP contribution in [0.1, 0.15) is 26.3 Å². The smallest absolute Gasteiger partial charge is 0.244 e. The van der Waals surface area contributed by atoms with Gasteiger partial charge < -0.3 is 10.2 Å². The van der Waals surface area contributed by atoms with Crippen molar-refractivity contribution in [1.29, 1.82) is 0 Å². The summed E-state index contributed by atoms with van der Waals surface area (Å²) in [7, 11) is -3.89. The van der Waals surface area contributed by atoms with Crippen molar-refractivity contribution in [2.75, 3.05) is 17.1 Å². The molecule has 33 heavy (non-hydrogen) atoms. The summed E-state index contributed by atoms with van der Waals surface area (Å²) in [6.07, 6.45) is 0.943. The van der Waals surface area contributed by atoms with Crippen LogP contribution in [0.4, 0.5) is 10.1 Å². The normalized spacial score (nSPS) is 12.4. The lowest BCUT2D eigenvalue weighted by atomic mass is 10.1. The van der Waals surface area contributed by atoms with Crippen molar-refractivity contribution in [1.82, 2.24) is 10.2 Å². The summed E-state index contributed by atoms with van der Waals surface area (Å²) in [5.41, 5.74) is 0.655. The molecule has 180 valence electrons. The number of halogens is 3. The number of hydrogen-bond donors (Lipinski definition) is 1. The van der Waals surface area contributed by atoms with Gasteiger partial charge in [-0.2, -0.15) is 0 Å². The van der Waals surface area contributed by atoms with E-state index >= 15 is 0 Å². The van der Waals surface area contributed by atoms with Gasteiger partial charge in [-0.3, -0.25) is 13.9 Å². The quantitative estimate of drug-likeness (QED) is 0.547. The lowest BCUT2D eigenvalue weighted by Gasteiger charge is -2.32. The molecule has 0 aromatic heterocycles. The predicted molar refractivity (Wildman–Crippen MR) is 128 cm³/mol. The zero-order chi connectivity index (χ0) is 24.9. The Balaban J connectivity index is 2.41. The highest BCUT2D eigenvalue weighted by Gasteiger charge is 2.30. The lowest BCUT2D eigenvalue weighted by molar-refractivity contribution is -0.139. The molecule has 0 spiro atoms.